The van der Waals surface area contributed by atoms with E-state index in [1.165, 1.54) is 23.9 Å². The largest absolute Gasteiger partial charge is 0.272 e. The van der Waals surface area contributed by atoms with Crippen molar-refractivity contribution >= 4 is 45.3 Å². The van der Waals surface area contributed by atoms with Crippen molar-refractivity contribution in [1.29, 1.82) is 0 Å². The van der Waals surface area contributed by atoms with Gasteiger partial charge in [0.05, 0.1) is 17.7 Å². The number of hydrazone groups is 1. The first-order chi connectivity index (χ1) is 16.9. The first kappa shape index (κ1) is 27.9. The molecule has 0 aliphatic rings. The molecule has 9 heteroatoms. The summed E-state index contributed by atoms with van der Waals surface area (Å²) in [4.78, 5) is 12.8. The summed E-state index contributed by atoms with van der Waals surface area (Å²) in [6.45, 7) is 7.59. The monoisotopic (exact) mass is 545 g/mol. The fourth-order valence-corrected chi connectivity index (χ4v) is 5.27. The minimum atomic E-state index is -4.04. The molecule has 1 N–H and O–H groups in total. The average Bonchev–Trinajstić information content (AvgIpc) is 2.81. The smallest absolute Gasteiger partial charge is 0.255 e. The second-order valence-corrected chi connectivity index (χ2v) is 12.2. The number of hydrogen-bond donors (Lipinski definition) is 1. The highest BCUT2D eigenvalue weighted by Gasteiger charge is 2.28. The van der Waals surface area contributed by atoms with Gasteiger partial charge in [0.25, 0.3) is 5.91 Å². The van der Waals surface area contributed by atoms with Gasteiger partial charge in [-0.15, -0.1) is 0 Å². The third-order valence-electron chi connectivity index (χ3n) is 5.55. The van der Waals surface area contributed by atoms with E-state index in [9.17, 15) is 13.2 Å². The third-order valence-corrected chi connectivity index (χ3v) is 8.07. The highest BCUT2D eigenvalue weighted by molar-refractivity contribution is 7.89. The standard InChI is InChI=1S/C27H29Cl2N3O3S/c1-19-8-14-22(15-9-19)36(34,35)32(17-23-24(28)6-5-7-25(23)29)18-26(33)31-30-16-20-10-12-21(13-11-20)27(2,3)4/h5-16H,17-18H2,1-4H3,(H,31,33)/b30-16-. The molecule has 3 rings (SSSR count). The molecule has 0 saturated heterocycles. The first-order valence-corrected chi connectivity index (χ1v) is 13.5. The molecule has 0 heterocycles. The van der Waals surface area contributed by atoms with Gasteiger partial charge in [-0.1, -0.05) is 92.0 Å². The number of aryl methyl sites for hydroxylation is 1. The van der Waals surface area contributed by atoms with E-state index in [4.69, 9.17) is 23.2 Å². The van der Waals surface area contributed by atoms with Crippen LogP contribution in [0.5, 0.6) is 0 Å². The van der Waals surface area contributed by atoms with Crippen LogP contribution in [-0.4, -0.2) is 31.4 Å². The molecule has 0 aliphatic carbocycles. The summed E-state index contributed by atoms with van der Waals surface area (Å²) < 4.78 is 27.9. The molecular weight excluding hydrogens is 517 g/mol. The molecule has 190 valence electrons. The van der Waals surface area contributed by atoms with Crippen LogP contribution in [0.3, 0.4) is 0 Å². The van der Waals surface area contributed by atoms with Crippen LogP contribution in [0.4, 0.5) is 0 Å². The summed E-state index contributed by atoms with van der Waals surface area (Å²) in [5.41, 5.74) is 5.75. The van der Waals surface area contributed by atoms with E-state index in [1.807, 2.05) is 31.2 Å². The Hall–Kier alpha value is -2.71. The number of benzene rings is 3. The minimum Gasteiger partial charge on any atom is -0.272 e. The summed E-state index contributed by atoms with van der Waals surface area (Å²) in [5.74, 6) is -0.601. The Kier molecular flexibility index (Phi) is 8.95. The highest BCUT2D eigenvalue weighted by atomic mass is 35.5. The quantitative estimate of drug-likeness (QED) is 0.281. The highest BCUT2D eigenvalue weighted by Crippen LogP contribution is 2.28. The normalized spacial score (nSPS) is 12.3. The molecule has 3 aromatic carbocycles. The molecule has 0 bridgehead atoms. The summed E-state index contributed by atoms with van der Waals surface area (Å²) in [7, 11) is -4.04. The number of halogens is 2. The van der Waals surface area contributed by atoms with E-state index in [2.05, 4.69) is 31.3 Å². The van der Waals surface area contributed by atoms with Crippen molar-refractivity contribution in [3.8, 4) is 0 Å². The summed E-state index contributed by atoms with van der Waals surface area (Å²) in [6, 6.07) is 19.1. The van der Waals surface area contributed by atoms with Gasteiger partial charge in [0.2, 0.25) is 10.0 Å². The number of nitrogens with one attached hydrogen (secondary N) is 1. The molecular formula is C27H29Cl2N3O3S. The lowest BCUT2D eigenvalue weighted by molar-refractivity contribution is -0.121. The van der Waals surface area contributed by atoms with Crippen LogP contribution in [0, 0.1) is 6.92 Å². The van der Waals surface area contributed by atoms with Crippen molar-refractivity contribution in [3.05, 3.63) is 99.0 Å². The van der Waals surface area contributed by atoms with Crippen LogP contribution in [0.1, 0.15) is 43.0 Å². The number of carbonyl (C=O) groups is 1. The first-order valence-electron chi connectivity index (χ1n) is 11.3. The lowest BCUT2D eigenvalue weighted by atomic mass is 9.87. The van der Waals surface area contributed by atoms with Gasteiger partial charge in [0.15, 0.2) is 0 Å². The molecule has 0 aromatic heterocycles. The molecule has 36 heavy (non-hydrogen) atoms. The molecule has 0 radical (unpaired) electrons. The van der Waals surface area contributed by atoms with Crippen LogP contribution in [0.15, 0.2) is 76.7 Å². The van der Waals surface area contributed by atoms with Crippen molar-refractivity contribution in [2.45, 2.75) is 44.6 Å². The fourth-order valence-electron chi connectivity index (χ4n) is 3.39. The topological polar surface area (TPSA) is 78.8 Å². The summed E-state index contributed by atoms with van der Waals surface area (Å²) in [5, 5.41) is 4.61. The predicted octanol–water partition coefficient (Wildman–Crippen LogP) is 5.94. The Labute approximate surface area is 223 Å². The van der Waals surface area contributed by atoms with Gasteiger partial charge < -0.3 is 0 Å². The number of sulfonamides is 1. The predicted molar refractivity (Wildman–Crippen MR) is 146 cm³/mol. The fraction of sp³-hybridized carbons (Fsp3) is 0.259. The maximum absolute atomic E-state index is 13.4. The van der Waals surface area contributed by atoms with Crippen molar-refractivity contribution in [3.63, 3.8) is 0 Å². The van der Waals surface area contributed by atoms with E-state index in [1.54, 1.807) is 30.3 Å². The average molecular weight is 547 g/mol. The molecule has 0 unspecified atom stereocenters. The van der Waals surface area contributed by atoms with Crippen molar-refractivity contribution in [1.82, 2.24) is 9.73 Å². The Morgan fingerprint density at radius 1 is 0.972 bits per heavy atom. The van der Waals surface area contributed by atoms with Gasteiger partial charge >= 0.3 is 0 Å². The second-order valence-electron chi connectivity index (χ2n) is 9.45. The van der Waals surface area contributed by atoms with Gasteiger partial charge in [-0.2, -0.15) is 9.41 Å². The lowest BCUT2D eigenvalue weighted by Crippen LogP contribution is -2.39. The Morgan fingerprint density at radius 3 is 2.11 bits per heavy atom. The van der Waals surface area contributed by atoms with Gasteiger partial charge in [-0.25, -0.2) is 13.8 Å². The Morgan fingerprint density at radius 2 is 1.56 bits per heavy atom. The SMILES string of the molecule is Cc1ccc(S(=O)(=O)N(CC(=O)N/N=C\c2ccc(C(C)(C)C)cc2)Cc2c(Cl)cccc2Cl)cc1. The molecule has 0 spiro atoms. The van der Waals surface area contributed by atoms with Gasteiger partial charge in [0, 0.05) is 22.2 Å². The molecule has 0 fully saturated rings. The zero-order chi connectivity index (χ0) is 26.5. The number of hydrogen-bond acceptors (Lipinski definition) is 4. The Bertz CT molecular complexity index is 1330. The zero-order valence-corrected chi connectivity index (χ0v) is 23.0. The van der Waals surface area contributed by atoms with Crippen LogP contribution in [-0.2, 0) is 26.8 Å². The zero-order valence-electron chi connectivity index (χ0n) is 20.6. The maximum Gasteiger partial charge on any atom is 0.255 e. The molecule has 1 amide bonds. The van der Waals surface area contributed by atoms with Crippen molar-refractivity contribution in [2.24, 2.45) is 5.10 Å². The summed E-state index contributed by atoms with van der Waals surface area (Å²) >= 11 is 12.6. The maximum atomic E-state index is 13.4. The Balaban J connectivity index is 1.80. The number of rotatable bonds is 8. The lowest BCUT2D eigenvalue weighted by Gasteiger charge is -2.22. The van der Waals surface area contributed by atoms with Crippen LogP contribution in [0.25, 0.3) is 0 Å². The molecule has 6 nitrogen and oxygen atoms in total. The minimum absolute atomic E-state index is 0.0286. The van der Waals surface area contributed by atoms with E-state index in [-0.39, 0.29) is 16.9 Å². The number of amides is 1. The molecule has 0 saturated carbocycles. The molecule has 0 aliphatic heterocycles. The van der Waals surface area contributed by atoms with Crippen molar-refractivity contribution in [2.75, 3.05) is 6.54 Å². The summed E-state index contributed by atoms with van der Waals surface area (Å²) in [6.07, 6.45) is 1.51. The van der Waals surface area contributed by atoms with E-state index < -0.39 is 22.5 Å². The third kappa shape index (κ3) is 7.17. The van der Waals surface area contributed by atoms with Crippen molar-refractivity contribution < 1.29 is 13.2 Å². The molecule has 0 atom stereocenters. The molecule has 3 aromatic rings. The van der Waals surface area contributed by atoms with Crippen LogP contribution < -0.4 is 5.43 Å². The second kappa shape index (κ2) is 11.6. The van der Waals surface area contributed by atoms with Crippen LogP contribution >= 0.6 is 23.2 Å². The van der Waals surface area contributed by atoms with E-state index >= 15 is 0 Å². The number of nitrogens with zero attached hydrogens (tertiary/aromatic N) is 2. The van der Waals surface area contributed by atoms with Gasteiger partial charge in [-0.3, -0.25) is 4.79 Å². The van der Waals surface area contributed by atoms with E-state index in [0.29, 0.717) is 15.6 Å². The van der Waals surface area contributed by atoms with E-state index in [0.717, 1.165) is 15.4 Å². The van der Waals surface area contributed by atoms with Gasteiger partial charge in [-0.05, 0) is 47.7 Å². The number of carbonyl (C=O) groups excluding carboxylic acids is 1. The van der Waals surface area contributed by atoms with Crippen LogP contribution in [0.2, 0.25) is 10.0 Å². The van der Waals surface area contributed by atoms with Gasteiger partial charge in [0.1, 0.15) is 0 Å².